The van der Waals surface area contributed by atoms with Crippen LogP contribution in [0.15, 0.2) is 24.3 Å². The zero-order valence-electron chi connectivity index (χ0n) is 14.3. The second kappa shape index (κ2) is 5.73. The fourth-order valence-electron chi connectivity index (χ4n) is 5.52. The van der Waals surface area contributed by atoms with Crippen molar-refractivity contribution < 1.29 is 22.7 Å². The van der Waals surface area contributed by atoms with Crippen molar-refractivity contribution in [3.63, 3.8) is 0 Å². The zero-order valence-corrected chi connectivity index (χ0v) is 14.3. The van der Waals surface area contributed by atoms with Crippen molar-refractivity contribution in [2.75, 3.05) is 12.0 Å². The molecule has 5 unspecified atom stereocenters. The third kappa shape index (κ3) is 2.48. The summed E-state index contributed by atoms with van der Waals surface area (Å²) in [7, 11) is 1.55. The summed E-state index contributed by atoms with van der Waals surface area (Å²) in [6.07, 6.45) is -1.76. The van der Waals surface area contributed by atoms with Gasteiger partial charge in [-0.05, 0) is 55.2 Å². The molecule has 2 bridgehead atoms. The van der Waals surface area contributed by atoms with E-state index in [-0.39, 0.29) is 23.4 Å². The molecule has 25 heavy (non-hydrogen) atoms. The van der Waals surface area contributed by atoms with Gasteiger partial charge < -0.3 is 4.74 Å². The van der Waals surface area contributed by atoms with Gasteiger partial charge in [-0.3, -0.25) is 9.69 Å². The number of rotatable bonds is 2. The monoisotopic (exact) mass is 353 g/mol. The number of benzene rings is 1. The Morgan fingerprint density at radius 2 is 2.00 bits per heavy atom. The lowest BCUT2D eigenvalue weighted by molar-refractivity contribution is -0.137. The van der Waals surface area contributed by atoms with Crippen LogP contribution in [0.2, 0.25) is 0 Å². The summed E-state index contributed by atoms with van der Waals surface area (Å²) in [5.74, 6) is 1.15. The van der Waals surface area contributed by atoms with Crippen LogP contribution < -0.4 is 4.90 Å². The maximum atomic E-state index is 13.1. The Morgan fingerprint density at radius 3 is 2.64 bits per heavy atom. The fourth-order valence-corrected chi connectivity index (χ4v) is 5.52. The lowest BCUT2D eigenvalue weighted by Crippen LogP contribution is -2.47. The van der Waals surface area contributed by atoms with Crippen molar-refractivity contribution >= 4 is 11.6 Å². The first-order chi connectivity index (χ1) is 11.8. The summed E-state index contributed by atoms with van der Waals surface area (Å²) in [6.45, 7) is 2.22. The number of anilines is 1. The van der Waals surface area contributed by atoms with E-state index in [1.165, 1.54) is 11.0 Å². The highest BCUT2D eigenvalue weighted by Gasteiger charge is 2.60. The number of ether oxygens (including phenoxy) is 1. The molecule has 0 aromatic heterocycles. The normalized spacial score (nSPS) is 37.5. The number of hydrogen-bond acceptors (Lipinski definition) is 2. The molecule has 6 heteroatoms. The average Bonchev–Trinajstić information content (AvgIpc) is 2.89. The lowest BCUT2D eigenvalue weighted by atomic mass is 9.55. The van der Waals surface area contributed by atoms with Gasteiger partial charge in [0.1, 0.15) is 6.23 Å². The summed E-state index contributed by atoms with van der Waals surface area (Å²) in [6, 6.07) is 5.02. The van der Waals surface area contributed by atoms with Crippen molar-refractivity contribution in [2.45, 2.75) is 38.6 Å². The van der Waals surface area contributed by atoms with Gasteiger partial charge in [-0.15, -0.1) is 0 Å². The van der Waals surface area contributed by atoms with Crippen molar-refractivity contribution in [3.8, 4) is 0 Å². The van der Waals surface area contributed by atoms with Crippen molar-refractivity contribution in [1.82, 2.24) is 0 Å². The SMILES string of the molecule is COC1C2C3CCC(CC3C)[C@@H]2C(=O)N1c1cccc(C(F)(F)F)c1. The molecular formula is C19H22F3NO2. The zero-order chi connectivity index (χ0) is 17.9. The van der Waals surface area contributed by atoms with Gasteiger partial charge in [-0.25, -0.2) is 0 Å². The molecule has 0 radical (unpaired) electrons. The van der Waals surface area contributed by atoms with Crippen molar-refractivity contribution in [1.29, 1.82) is 0 Å². The van der Waals surface area contributed by atoms with E-state index in [0.717, 1.165) is 31.4 Å². The first kappa shape index (κ1) is 16.9. The highest BCUT2D eigenvalue weighted by atomic mass is 19.4. The van der Waals surface area contributed by atoms with E-state index in [2.05, 4.69) is 6.92 Å². The topological polar surface area (TPSA) is 29.5 Å². The average molecular weight is 353 g/mol. The van der Waals surface area contributed by atoms with Crippen LogP contribution in [0.1, 0.15) is 31.7 Å². The predicted octanol–water partition coefficient (Wildman–Crippen LogP) is 4.32. The predicted molar refractivity (Wildman–Crippen MR) is 86.7 cm³/mol. The fraction of sp³-hybridized carbons (Fsp3) is 0.632. The summed E-state index contributed by atoms with van der Waals surface area (Å²) in [5.41, 5.74) is -0.452. The van der Waals surface area contributed by atoms with Crippen molar-refractivity contribution in [3.05, 3.63) is 29.8 Å². The molecule has 136 valence electrons. The summed E-state index contributed by atoms with van der Waals surface area (Å²) in [4.78, 5) is 14.6. The maximum absolute atomic E-state index is 13.1. The van der Waals surface area contributed by atoms with E-state index < -0.39 is 18.0 Å². The van der Waals surface area contributed by atoms with Gasteiger partial charge in [-0.1, -0.05) is 13.0 Å². The number of fused-ring (bicyclic) bond motifs is 2. The number of alkyl halides is 3. The molecule has 1 heterocycles. The highest BCUT2D eigenvalue weighted by molar-refractivity contribution is 5.98. The Balaban J connectivity index is 1.74. The minimum Gasteiger partial charge on any atom is -0.361 e. The standard InChI is InChI=1S/C19H22F3NO2/c1-10-8-11-6-7-14(10)16-15(11)17(24)23(18(16)25-2)13-5-3-4-12(9-13)19(20,21)22/h3-5,9-11,14-16,18H,6-8H2,1-2H3/t10?,11?,14?,15-,16?,18?/m0/s1. The molecule has 6 atom stereocenters. The molecule has 4 aliphatic rings. The Morgan fingerprint density at radius 1 is 1.24 bits per heavy atom. The van der Waals surface area contributed by atoms with Crippen LogP contribution in [0.25, 0.3) is 0 Å². The number of carbonyl (C=O) groups excluding carboxylic acids is 1. The van der Waals surface area contributed by atoms with Crippen LogP contribution in [0.4, 0.5) is 18.9 Å². The number of carbonyl (C=O) groups is 1. The molecule has 4 fully saturated rings. The Kier molecular flexibility index (Phi) is 3.87. The first-order valence-electron chi connectivity index (χ1n) is 8.86. The molecule has 5 rings (SSSR count). The maximum Gasteiger partial charge on any atom is 0.416 e. The van der Waals surface area contributed by atoms with Crippen LogP contribution in [0, 0.1) is 29.6 Å². The van der Waals surface area contributed by atoms with E-state index >= 15 is 0 Å². The van der Waals surface area contributed by atoms with Gasteiger partial charge in [0.05, 0.1) is 5.56 Å². The van der Waals surface area contributed by atoms with Gasteiger partial charge in [0.2, 0.25) is 5.91 Å². The third-order valence-electron chi connectivity index (χ3n) is 6.49. The Labute approximate surface area is 145 Å². The third-order valence-corrected chi connectivity index (χ3v) is 6.49. The van der Waals surface area contributed by atoms with Gasteiger partial charge in [0.25, 0.3) is 0 Å². The second-order valence-corrected chi connectivity index (χ2v) is 7.70. The van der Waals surface area contributed by atoms with Crippen LogP contribution in [-0.4, -0.2) is 19.2 Å². The minimum absolute atomic E-state index is 0.0715. The van der Waals surface area contributed by atoms with E-state index in [1.807, 2.05) is 0 Å². The quantitative estimate of drug-likeness (QED) is 0.792. The largest absolute Gasteiger partial charge is 0.416 e. The molecule has 1 aromatic rings. The van der Waals surface area contributed by atoms with Crippen LogP contribution in [0.3, 0.4) is 0 Å². The van der Waals surface area contributed by atoms with Gasteiger partial charge >= 0.3 is 6.18 Å². The van der Waals surface area contributed by atoms with E-state index in [0.29, 0.717) is 17.8 Å². The first-order valence-corrected chi connectivity index (χ1v) is 8.86. The molecule has 1 aliphatic heterocycles. The molecular weight excluding hydrogens is 331 g/mol. The molecule has 1 amide bonds. The van der Waals surface area contributed by atoms with Crippen LogP contribution in [-0.2, 0) is 15.7 Å². The van der Waals surface area contributed by atoms with E-state index in [1.54, 1.807) is 13.2 Å². The van der Waals surface area contributed by atoms with Crippen LogP contribution in [0.5, 0.6) is 0 Å². The molecule has 3 nitrogen and oxygen atoms in total. The summed E-state index contributed by atoms with van der Waals surface area (Å²) in [5, 5.41) is 0. The molecule has 0 spiro atoms. The van der Waals surface area contributed by atoms with Gasteiger partial charge in [0.15, 0.2) is 0 Å². The molecule has 1 aromatic carbocycles. The van der Waals surface area contributed by atoms with Gasteiger partial charge in [0, 0.05) is 24.6 Å². The molecule has 1 saturated heterocycles. The number of amides is 1. The molecule has 3 aliphatic carbocycles. The molecule has 0 N–H and O–H groups in total. The van der Waals surface area contributed by atoms with Crippen molar-refractivity contribution in [2.24, 2.45) is 29.6 Å². The second-order valence-electron chi connectivity index (χ2n) is 7.70. The van der Waals surface area contributed by atoms with E-state index in [9.17, 15) is 18.0 Å². The number of hydrogen-bond donors (Lipinski definition) is 0. The highest BCUT2D eigenvalue weighted by Crippen LogP contribution is 2.57. The lowest BCUT2D eigenvalue weighted by Gasteiger charge is -2.48. The summed E-state index contributed by atoms with van der Waals surface area (Å²) >= 11 is 0. The Hall–Kier alpha value is -1.56. The summed E-state index contributed by atoms with van der Waals surface area (Å²) < 4.78 is 44.9. The smallest absolute Gasteiger partial charge is 0.361 e. The minimum atomic E-state index is -4.43. The number of methoxy groups -OCH3 is 1. The van der Waals surface area contributed by atoms with E-state index in [4.69, 9.17) is 4.74 Å². The molecule has 3 saturated carbocycles. The van der Waals surface area contributed by atoms with Crippen LogP contribution >= 0.6 is 0 Å². The number of halogens is 3. The Bertz CT molecular complexity index is 689. The van der Waals surface area contributed by atoms with Gasteiger partial charge in [-0.2, -0.15) is 13.2 Å². The number of nitrogens with zero attached hydrogens (tertiary/aromatic N) is 1.